The van der Waals surface area contributed by atoms with Crippen LogP contribution in [-0.4, -0.2) is 70.5 Å². The first-order chi connectivity index (χ1) is 16.4. The Morgan fingerprint density at radius 2 is 1.25 bits per heavy atom. The van der Waals surface area contributed by atoms with Gasteiger partial charge in [0.15, 0.2) is 0 Å². The highest BCUT2D eigenvalue weighted by Gasteiger charge is 2.31. The van der Waals surface area contributed by atoms with Crippen LogP contribution in [0.2, 0.25) is 40.9 Å². The van der Waals surface area contributed by atoms with Crippen LogP contribution in [0.15, 0.2) is 0 Å². The van der Waals surface area contributed by atoms with Crippen molar-refractivity contribution in [2.75, 3.05) is 0 Å². The van der Waals surface area contributed by atoms with Crippen molar-refractivity contribution in [3.8, 4) is 0 Å². The maximum absolute atomic E-state index is 11.9. The summed E-state index contributed by atoms with van der Waals surface area (Å²) in [6.07, 6.45) is 1.31. The molecule has 1 aliphatic rings. The Morgan fingerprint density at radius 3 is 1.53 bits per heavy atom. The largest absolute Gasteiger partial charge is 0.453 e. The molecular formula is C20H47B6NO9. The van der Waals surface area contributed by atoms with Gasteiger partial charge in [0.1, 0.15) is 5.78 Å². The second-order valence-electron chi connectivity index (χ2n) is 9.95. The van der Waals surface area contributed by atoms with Crippen LogP contribution in [0.4, 0.5) is 0 Å². The molecule has 1 fully saturated rings. The highest BCUT2D eigenvalue weighted by molar-refractivity contribution is 6.72. The topological polar surface area (TPSA) is 133 Å². The molecule has 0 aromatic heterocycles. The fourth-order valence-corrected chi connectivity index (χ4v) is 3.35. The van der Waals surface area contributed by atoms with E-state index < -0.39 is 21.4 Å². The molecule has 0 aliphatic carbocycles. The van der Waals surface area contributed by atoms with Gasteiger partial charge in [-0.3, -0.25) is 4.79 Å². The van der Waals surface area contributed by atoms with Gasteiger partial charge >= 0.3 is 42.7 Å². The van der Waals surface area contributed by atoms with Gasteiger partial charge < -0.3 is 43.0 Å². The summed E-state index contributed by atoms with van der Waals surface area (Å²) in [4.78, 5) is 22.9. The molecule has 16 heteroatoms. The van der Waals surface area contributed by atoms with Gasteiger partial charge in [0, 0.05) is 18.4 Å². The van der Waals surface area contributed by atoms with Crippen LogP contribution < -0.4 is 5.32 Å². The van der Waals surface area contributed by atoms with Crippen molar-refractivity contribution in [2.45, 2.75) is 101 Å². The summed E-state index contributed by atoms with van der Waals surface area (Å²) < 4.78 is 24.8. The van der Waals surface area contributed by atoms with Crippen LogP contribution in [0.3, 0.4) is 0 Å². The second kappa shape index (κ2) is 20.2. The lowest BCUT2D eigenvalue weighted by atomic mass is 9.74. The molecule has 1 rings (SSSR count). The number of carbonyl (C=O) groups is 2. The van der Waals surface area contributed by atoms with Crippen molar-refractivity contribution in [1.82, 2.24) is 5.32 Å². The molecule has 2 atom stereocenters. The number of hydrogen-bond acceptors (Lipinski definition) is 9. The van der Waals surface area contributed by atoms with Gasteiger partial charge in [0.2, 0.25) is 5.91 Å². The van der Waals surface area contributed by atoms with E-state index in [0.717, 1.165) is 6.42 Å². The number of rotatable bonds is 11. The van der Waals surface area contributed by atoms with Gasteiger partial charge in [-0.1, -0.05) is 34.6 Å². The van der Waals surface area contributed by atoms with E-state index in [1.54, 1.807) is 6.82 Å². The molecule has 0 spiro atoms. The van der Waals surface area contributed by atoms with Crippen molar-refractivity contribution in [3.63, 3.8) is 0 Å². The highest BCUT2D eigenvalue weighted by Crippen LogP contribution is 2.14. The van der Waals surface area contributed by atoms with Gasteiger partial charge in [-0.05, 0) is 66.1 Å². The summed E-state index contributed by atoms with van der Waals surface area (Å²) in [6.45, 7) is 22.0. The van der Waals surface area contributed by atoms with Gasteiger partial charge in [-0.2, -0.15) is 0 Å². The molecule has 0 aromatic carbocycles. The normalized spacial score (nSPS) is 14.8. The molecule has 204 valence electrons. The summed E-state index contributed by atoms with van der Waals surface area (Å²) in [5.41, 5.74) is 0. The first-order valence-corrected chi connectivity index (χ1v) is 12.9. The molecule has 0 radical (unpaired) electrons. The van der Waals surface area contributed by atoms with Crippen molar-refractivity contribution >= 4 is 54.4 Å². The number of carbonyl (C=O) groups excluding carboxylic acids is 2. The monoisotopic (exact) mass is 511 g/mol. The van der Waals surface area contributed by atoms with E-state index in [2.05, 4.69) is 33.0 Å². The standard InChI is InChI=1S/C14H27NO2.C3H11B3O4.C3H9B3O3/c1-9(2)7-13(10(3)4)15-14(17)11(5)8-12(6)16;1-4(7)9-6(3)10-5(2)8;1-4-7-5(2)9-6(3)8-4/h9-11,13H,7-8H2,1-6H3,(H,15,17);7-8H,1-3H3;1-3H3/t11?,13-;;/m0../s1. The van der Waals surface area contributed by atoms with E-state index in [0.29, 0.717) is 18.3 Å². The maximum Gasteiger partial charge on any atom is 0.437 e. The van der Waals surface area contributed by atoms with Gasteiger partial charge in [0.25, 0.3) is 0 Å². The van der Waals surface area contributed by atoms with Gasteiger partial charge in [-0.15, -0.1) is 0 Å². The van der Waals surface area contributed by atoms with E-state index in [1.165, 1.54) is 20.6 Å². The number of hydrogen-bond donors (Lipinski definition) is 3. The van der Waals surface area contributed by atoms with Gasteiger partial charge in [0.05, 0.1) is 0 Å². The molecule has 1 aliphatic heterocycles. The molecule has 1 heterocycles. The molecule has 1 amide bonds. The van der Waals surface area contributed by atoms with E-state index in [1.807, 2.05) is 27.4 Å². The van der Waals surface area contributed by atoms with Crippen LogP contribution in [0.25, 0.3) is 0 Å². The molecule has 10 nitrogen and oxygen atoms in total. The zero-order chi connectivity index (χ0) is 28.6. The summed E-state index contributed by atoms with van der Waals surface area (Å²) >= 11 is 0. The number of amides is 1. The summed E-state index contributed by atoms with van der Waals surface area (Å²) in [7, 11) is -2.72. The quantitative estimate of drug-likeness (QED) is 0.359. The SMILES string of the molecule is CB(O)OB(C)OB(C)O.CB1OB(C)OB(C)O1.CC(=O)CC(C)C(=O)N[C@@H](CC(C)C)C(C)C. The zero-order valence-electron chi connectivity index (χ0n) is 24.4. The first kappa shape index (κ1) is 37.4. The third-order valence-electron chi connectivity index (χ3n) is 4.83. The van der Waals surface area contributed by atoms with E-state index >= 15 is 0 Å². The van der Waals surface area contributed by atoms with E-state index in [-0.39, 0.29) is 45.0 Å². The van der Waals surface area contributed by atoms with Gasteiger partial charge in [-0.25, -0.2) is 0 Å². The predicted octanol–water partition coefficient (Wildman–Crippen LogP) is 2.55. The Morgan fingerprint density at radius 1 is 0.861 bits per heavy atom. The Bertz CT molecular complexity index is 569. The number of nitrogens with one attached hydrogen (secondary N) is 1. The van der Waals surface area contributed by atoms with Crippen LogP contribution in [-0.2, 0) is 32.4 Å². The molecule has 3 N–H and O–H groups in total. The average molecular weight is 510 g/mol. The number of ketones is 1. The summed E-state index contributed by atoms with van der Waals surface area (Å²) in [6, 6.07) is 0.205. The molecule has 1 saturated heterocycles. The van der Waals surface area contributed by atoms with Crippen LogP contribution >= 0.6 is 0 Å². The lowest BCUT2D eigenvalue weighted by Crippen LogP contribution is -2.44. The predicted molar refractivity (Wildman–Crippen MR) is 150 cm³/mol. The zero-order valence-corrected chi connectivity index (χ0v) is 24.4. The lowest BCUT2D eigenvalue weighted by Gasteiger charge is -2.25. The fraction of sp³-hybridized carbons (Fsp3) is 0.900. The Kier molecular flexibility index (Phi) is 21.0. The van der Waals surface area contributed by atoms with Crippen molar-refractivity contribution in [1.29, 1.82) is 0 Å². The van der Waals surface area contributed by atoms with E-state index in [9.17, 15) is 9.59 Å². The smallest absolute Gasteiger partial charge is 0.437 e. The second-order valence-corrected chi connectivity index (χ2v) is 9.95. The lowest BCUT2D eigenvalue weighted by molar-refractivity contribution is -0.129. The first-order valence-electron chi connectivity index (χ1n) is 12.9. The van der Waals surface area contributed by atoms with Crippen LogP contribution in [0.5, 0.6) is 0 Å². The van der Waals surface area contributed by atoms with Crippen LogP contribution in [0.1, 0.15) is 54.4 Å². The fourth-order valence-electron chi connectivity index (χ4n) is 3.35. The van der Waals surface area contributed by atoms with Crippen LogP contribution in [0, 0.1) is 17.8 Å². The minimum Gasteiger partial charge on any atom is -0.453 e. The maximum atomic E-state index is 11.9. The van der Waals surface area contributed by atoms with Crippen molar-refractivity contribution < 1.29 is 42.5 Å². The average Bonchev–Trinajstić information content (AvgIpc) is 2.64. The highest BCUT2D eigenvalue weighted by atomic mass is 16.7. The van der Waals surface area contributed by atoms with E-state index in [4.69, 9.17) is 32.9 Å². The number of Topliss-reactive ketones (excluding diaryl/α,β-unsaturated/α-hetero) is 1. The summed E-state index contributed by atoms with van der Waals surface area (Å²) in [5.74, 6) is 0.828. The third-order valence-corrected chi connectivity index (χ3v) is 4.83. The Labute approximate surface area is 221 Å². The molecule has 1 unspecified atom stereocenters. The Hall–Kier alpha value is -0.750. The minimum absolute atomic E-state index is 0.000417. The molecule has 0 bridgehead atoms. The molecule has 0 aromatic rings. The van der Waals surface area contributed by atoms with Crippen molar-refractivity contribution in [3.05, 3.63) is 0 Å². The molecular weight excluding hydrogens is 463 g/mol. The summed E-state index contributed by atoms with van der Waals surface area (Å²) in [5, 5.41) is 20.4. The minimum atomic E-state index is -0.867. The molecule has 36 heavy (non-hydrogen) atoms. The molecule has 0 saturated carbocycles. The van der Waals surface area contributed by atoms with Crippen molar-refractivity contribution in [2.24, 2.45) is 17.8 Å². The Balaban J connectivity index is 0. The third kappa shape index (κ3) is 22.4.